The summed E-state index contributed by atoms with van der Waals surface area (Å²) in [4.78, 5) is 27.3. The lowest BCUT2D eigenvalue weighted by Crippen LogP contribution is -2.37. The summed E-state index contributed by atoms with van der Waals surface area (Å²) >= 11 is 0. The van der Waals surface area contributed by atoms with Crippen molar-refractivity contribution in [3.05, 3.63) is 95.6 Å². The fourth-order valence-corrected chi connectivity index (χ4v) is 4.88. The molecule has 0 spiro atoms. The minimum absolute atomic E-state index is 0.0616. The normalized spacial score (nSPS) is 18.2. The van der Waals surface area contributed by atoms with Gasteiger partial charge in [-0.1, -0.05) is 55.8 Å². The van der Waals surface area contributed by atoms with Crippen LogP contribution < -0.4 is 10.1 Å². The molecule has 1 heterocycles. The van der Waals surface area contributed by atoms with E-state index in [1.54, 1.807) is 30.3 Å². The van der Waals surface area contributed by atoms with Gasteiger partial charge in [0.1, 0.15) is 12.4 Å². The molecule has 0 radical (unpaired) electrons. The van der Waals surface area contributed by atoms with E-state index in [-0.39, 0.29) is 12.0 Å². The Balaban J connectivity index is 1.35. The quantitative estimate of drug-likeness (QED) is 0.391. The summed E-state index contributed by atoms with van der Waals surface area (Å²) in [6.45, 7) is 4.56. The molecule has 1 fully saturated rings. The van der Waals surface area contributed by atoms with E-state index in [1.165, 1.54) is 18.4 Å². The largest absolute Gasteiger partial charge is 0.457 e. The number of amides is 1. The molecule has 4 rings (SSSR count). The summed E-state index contributed by atoms with van der Waals surface area (Å²) in [7, 11) is 2.18. The first kappa shape index (κ1) is 25.5. The first-order valence-corrected chi connectivity index (χ1v) is 12.6. The molecule has 1 aliphatic rings. The zero-order valence-corrected chi connectivity index (χ0v) is 21.0. The van der Waals surface area contributed by atoms with Gasteiger partial charge in [-0.15, -0.1) is 0 Å². The lowest BCUT2D eigenvalue weighted by atomic mass is 9.74. The maximum atomic E-state index is 12.6. The number of carbonyl (C=O) groups excluding carboxylic acids is 2. The van der Waals surface area contributed by atoms with Gasteiger partial charge in [0.25, 0.3) is 0 Å². The molecule has 0 aliphatic carbocycles. The van der Waals surface area contributed by atoms with Gasteiger partial charge in [0.05, 0.1) is 5.56 Å². The number of likely N-dealkylation sites (tertiary alicyclic amines) is 1. The number of esters is 1. The van der Waals surface area contributed by atoms with Crippen LogP contribution in [0.2, 0.25) is 0 Å². The van der Waals surface area contributed by atoms with Crippen LogP contribution in [0.15, 0.2) is 78.9 Å². The number of hydrogen-bond donors (Lipinski definition) is 1. The number of nitrogens with one attached hydrogen (secondary N) is 1. The molecule has 3 aromatic rings. The number of benzene rings is 3. The number of carbonyl (C=O) groups is 2. The minimum Gasteiger partial charge on any atom is -0.457 e. The second kappa shape index (κ2) is 11.9. The van der Waals surface area contributed by atoms with Gasteiger partial charge >= 0.3 is 12.1 Å². The van der Waals surface area contributed by atoms with Crippen molar-refractivity contribution in [2.45, 2.75) is 44.6 Å². The summed E-state index contributed by atoms with van der Waals surface area (Å²) in [5.41, 5.74) is 3.14. The van der Waals surface area contributed by atoms with E-state index in [1.807, 2.05) is 42.5 Å². The minimum atomic E-state index is -0.574. The van der Waals surface area contributed by atoms with Gasteiger partial charge in [-0.2, -0.15) is 0 Å². The standard InChI is InChI=1S/C30H34N2O4/c1-3-30(18-7-8-19-32(2)22-30)25-12-9-13-27(20-25)36-29(34)31-26-16-14-24(15-17-26)28(33)35-21-23-10-5-4-6-11-23/h4-6,9-17,20H,3,7-8,18-19,21-22H2,1-2H3,(H,31,34). The Morgan fingerprint density at radius 3 is 2.50 bits per heavy atom. The van der Waals surface area contributed by atoms with Gasteiger partial charge in [0, 0.05) is 17.6 Å². The topological polar surface area (TPSA) is 67.9 Å². The average Bonchev–Trinajstić information content (AvgIpc) is 3.10. The van der Waals surface area contributed by atoms with Crippen molar-refractivity contribution in [2.24, 2.45) is 0 Å². The van der Waals surface area contributed by atoms with Crippen molar-refractivity contribution in [1.82, 2.24) is 4.90 Å². The highest BCUT2D eigenvalue weighted by atomic mass is 16.6. The molecule has 0 aromatic heterocycles. The lowest BCUT2D eigenvalue weighted by Gasteiger charge is -2.35. The van der Waals surface area contributed by atoms with Gasteiger partial charge < -0.3 is 14.4 Å². The van der Waals surface area contributed by atoms with Gasteiger partial charge in [0.2, 0.25) is 0 Å². The second-order valence-corrected chi connectivity index (χ2v) is 9.51. The highest BCUT2D eigenvalue weighted by Crippen LogP contribution is 2.37. The molecular formula is C30H34N2O4. The number of nitrogens with zero attached hydrogens (tertiary/aromatic N) is 1. The fraction of sp³-hybridized carbons (Fsp3) is 0.333. The first-order valence-electron chi connectivity index (χ1n) is 12.6. The third kappa shape index (κ3) is 6.52. The molecule has 3 aromatic carbocycles. The maximum absolute atomic E-state index is 12.6. The van der Waals surface area contributed by atoms with E-state index in [4.69, 9.17) is 9.47 Å². The molecule has 0 saturated carbocycles. The average molecular weight is 487 g/mol. The highest BCUT2D eigenvalue weighted by molar-refractivity contribution is 5.91. The van der Waals surface area contributed by atoms with E-state index < -0.39 is 12.1 Å². The Bertz CT molecular complexity index is 1160. The molecule has 1 N–H and O–H groups in total. The van der Waals surface area contributed by atoms with E-state index in [0.29, 0.717) is 17.0 Å². The van der Waals surface area contributed by atoms with E-state index >= 15 is 0 Å². The molecule has 6 heteroatoms. The number of rotatable bonds is 7. The van der Waals surface area contributed by atoms with Crippen LogP contribution in [-0.4, -0.2) is 37.1 Å². The van der Waals surface area contributed by atoms with Gasteiger partial charge in [0.15, 0.2) is 0 Å². The molecule has 0 bridgehead atoms. The Morgan fingerprint density at radius 2 is 1.75 bits per heavy atom. The Morgan fingerprint density at radius 1 is 0.972 bits per heavy atom. The predicted octanol–water partition coefficient (Wildman–Crippen LogP) is 6.42. The first-order chi connectivity index (χ1) is 17.5. The van der Waals surface area contributed by atoms with Crippen LogP contribution in [0.4, 0.5) is 10.5 Å². The maximum Gasteiger partial charge on any atom is 0.417 e. The van der Waals surface area contributed by atoms with Gasteiger partial charge in [-0.25, -0.2) is 9.59 Å². The van der Waals surface area contributed by atoms with Gasteiger partial charge in [-0.3, -0.25) is 5.32 Å². The van der Waals surface area contributed by atoms with Crippen LogP contribution in [0.1, 0.15) is 54.1 Å². The molecular weight excluding hydrogens is 452 g/mol. The van der Waals surface area contributed by atoms with Crippen LogP contribution in [0.3, 0.4) is 0 Å². The van der Waals surface area contributed by atoms with Crippen molar-refractivity contribution in [3.63, 3.8) is 0 Å². The van der Waals surface area contributed by atoms with Crippen LogP contribution in [0.25, 0.3) is 0 Å². The smallest absolute Gasteiger partial charge is 0.417 e. The van der Waals surface area contributed by atoms with E-state index in [0.717, 1.165) is 31.5 Å². The number of hydrogen-bond acceptors (Lipinski definition) is 5. The molecule has 1 atom stereocenters. The number of likely N-dealkylation sites (N-methyl/N-ethyl adjacent to an activating group) is 1. The van der Waals surface area contributed by atoms with Crippen molar-refractivity contribution < 1.29 is 19.1 Å². The predicted molar refractivity (Wildman–Crippen MR) is 141 cm³/mol. The zero-order valence-electron chi connectivity index (χ0n) is 21.0. The number of ether oxygens (including phenoxy) is 2. The zero-order chi connectivity index (χ0) is 25.4. The third-order valence-corrected chi connectivity index (χ3v) is 6.93. The van der Waals surface area contributed by atoms with E-state index in [2.05, 4.69) is 30.3 Å². The molecule has 1 unspecified atom stereocenters. The Labute approximate surface area is 213 Å². The summed E-state index contributed by atoms with van der Waals surface area (Å²) < 4.78 is 11.0. The van der Waals surface area contributed by atoms with E-state index in [9.17, 15) is 9.59 Å². The molecule has 1 amide bonds. The van der Waals surface area contributed by atoms with Crippen LogP contribution >= 0.6 is 0 Å². The van der Waals surface area contributed by atoms with Crippen molar-refractivity contribution in [2.75, 3.05) is 25.5 Å². The highest BCUT2D eigenvalue weighted by Gasteiger charge is 2.33. The second-order valence-electron chi connectivity index (χ2n) is 9.51. The summed E-state index contributed by atoms with van der Waals surface area (Å²) in [6.07, 6.45) is 3.99. The molecule has 36 heavy (non-hydrogen) atoms. The molecule has 188 valence electrons. The number of anilines is 1. The third-order valence-electron chi connectivity index (χ3n) is 6.93. The molecule has 1 saturated heterocycles. The molecule has 1 aliphatic heterocycles. The Hall–Kier alpha value is -3.64. The van der Waals surface area contributed by atoms with Crippen molar-refractivity contribution in [1.29, 1.82) is 0 Å². The summed E-state index contributed by atoms with van der Waals surface area (Å²) in [5, 5.41) is 2.73. The summed E-state index contributed by atoms with van der Waals surface area (Å²) in [6, 6.07) is 24.0. The van der Waals surface area contributed by atoms with Gasteiger partial charge in [-0.05, 0) is 80.4 Å². The summed E-state index contributed by atoms with van der Waals surface area (Å²) in [5.74, 6) is 0.102. The van der Waals surface area contributed by atoms with Crippen LogP contribution in [0.5, 0.6) is 5.75 Å². The van der Waals surface area contributed by atoms with Crippen LogP contribution in [0, 0.1) is 0 Å². The SMILES string of the molecule is CCC1(c2cccc(OC(=O)Nc3ccc(C(=O)OCc4ccccc4)cc3)c2)CCCCN(C)C1. The van der Waals surface area contributed by atoms with Crippen molar-refractivity contribution in [3.8, 4) is 5.75 Å². The van der Waals surface area contributed by atoms with Crippen LogP contribution in [-0.2, 0) is 16.8 Å². The lowest BCUT2D eigenvalue weighted by molar-refractivity contribution is 0.0472. The monoisotopic (exact) mass is 486 g/mol. The molecule has 6 nitrogen and oxygen atoms in total. The van der Waals surface area contributed by atoms with Crippen molar-refractivity contribution >= 4 is 17.7 Å². The fourth-order valence-electron chi connectivity index (χ4n) is 4.88. The Kier molecular flexibility index (Phi) is 8.39.